The molecule has 34 heavy (non-hydrogen) atoms. The SMILES string of the molecule is Fc1ccc2nccc(Nc3cncc(-c4nc5ccc(Nc6ccncc6)cc5[nH]4)c3)c2c1. The van der Waals surface area contributed by atoms with Crippen molar-refractivity contribution < 1.29 is 4.39 Å². The summed E-state index contributed by atoms with van der Waals surface area (Å²) in [5.41, 5.74) is 6.71. The molecule has 4 aromatic heterocycles. The lowest BCUT2D eigenvalue weighted by atomic mass is 10.1. The molecule has 164 valence electrons. The molecule has 2 aromatic carbocycles. The molecule has 0 amide bonds. The van der Waals surface area contributed by atoms with Crippen molar-refractivity contribution in [3.63, 3.8) is 0 Å². The van der Waals surface area contributed by atoms with E-state index in [9.17, 15) is 4.39 Å². The molecule has 0 atom stereocenters. The molecule has 0 aliphatic rings. The van der Waals surface area contributed by atoms with Crippen LogP contribution >= 0.6 is 0 Å². The Hall–Kier alpha value is -4.85. The lowest BCUT2D eigenvalue weighted by Gasteiger charge is -2.10. The normalized spacial score (nSPS) is 11.1. The molecule has 4 heterocycles. The number of halogens is 1. The Bertz CT molecular complexity index is 1630. The van der Waals surface area contributed by atoms with Crippen molar-refractivity contribution in [1.82, 2.24) is 24.9 Å². The molecule has 0 fully saturated rings. The van der Waals surface area contributed by atoms with E-state index in [2.05, 4.69) is 30.6 Å². The number of hydrogen-bond acceptors (Lipinski definition) is 6. The molecule has 7 nitrogen and oxygen atoms in total. The number of rotatable bonds is 5. The molecule has 3 N–H and O–H groups in total. The van der Waals surface area contributed by atoms with E-state index in [-0.39, 0.29) is 5.82 Å². The van der Waals surface area contributed by atoms with Gasteiger partial charge in [0, 0.05) is 52.8 Å². The first kappa shape index (κ1) is 19.8. The van der Waals surface area contributed by atoms with Gasteiger partial charge in [-0.05, 0) is 60.7 Å². The Morgan fingerprint density at radius 1 is 0.706 bits per heavy atom. The van der Waals surface area contributed by atoms with E-state index < -0.39 is 0 Å². The molecule has 8 heteroatoms. The van der Waals surface area contributed by atoms with E-state index in [1.54, 1.807) is 37.1 Å². The summed E-state index contributed by atoms with van der Waals surface area (Å²) in [6, 6.07) is 18.1. The number of aromatic amines is 1. The molecule has 0 saturated carbocycles. The van der Waals surface area contributed by atoms with Gasteiger partial charge < -0.3 is 15.6 Å². The minimum atomic E-state index is -0.310. The maximum atomic E-state index is 13.8. The molecule has 6 rings (SSSR count). The summed E-state index contributed by atoms with van der Waals surface area (Å²) in [5.74, 6) is 0.397. The zero-order chi connectivity index (χ0) is 22.9. The van der Waals surface area contributed by atoms with Crippen LogP contribution in [0.25, 0.3) is 33.3 Å². The van der Waals surface area contributed by atoms with Crippen molar-refractivity contribution in [2.24, 2.45) is 0 Å². The van der Waals surface area contributed by atoms with Crippen LogP contribution in [0.15, 0.2) is 91.6 Å². The number of imidazole rings is 1. The molecular weight excluding hydrogens is 429 g/mol. The lowest BCUT2D eigenvalue weighted by Crippen LogP contribution is -1.95. The smallest absolute Gasteiger partial charge is 0.140 e. The van der Waals surface area contributed by atoms with Gasteiger partial charge in [0.2, 0.25) is 0 Å². The molecular formula is C26H18FN7. The van der Waals surface area contributed by atoms with E-state index in [0.717, 1.165) is 39.3 Å². The van der Waals surface area contributed by atoms with Crippen molar-refractivity contribution in [1.29, 1.82) is 0 Å². The summed E-state index contributed by atoms with van der Waals surface area (Å²) in [6.07, 6.45) is 8.65. The zero-order valence-corrected chi connectivity index (χ0v) is 17.8. The number of fused-ring (bicyclic) bond motifs is 2. The number of nitrogens with zero attached hydrogens (tertiary/aromatic N) is 4. The monoisotopic (exact) mass is 447 g/mol. The highest BCUT2D eigenvalue weighted by molar-refractivity contribution is 5.93. The second-order valence-corrected chi connectivity index (χ2v) is 7.79. The molecule has 0 aliphatic heterocycles. The topological polar surface area (TPSA) is 91.4 Å². The minimum absolute atomic E-state index is 0.310. The summed E-state index contributed by atoms with van der Waals surface area (Å²) in [7, 11) is 0. The predicted molar refractivity (Wildman–Crippen MR) is 132 cm³/mol. The van der Waals surface area contributed by atoms with E-state index in [1.807, 2.05) is 42.5 Å². The summed E-state index contributed by atoms with van der Waals surface area (Å²) in [5, 5.41) is 7.39. The highest BCUT2D eigenvalue weighted by Crippen LogP contribution is 2.29. The molecule has 0 radical (unpaired) electrons. The number of aromatic nitrogens is 5. The first-order chi connectivity index (χ1) is 16.7. The highest BCUT2D eigenvalue weighted by atomic mass is 19.1. The Kier molecular flexibility index (Phi) is 4.81. The Balaban J connectivity index is 1.30. The number of benzene rings is 2. The van der Waals surface area contributed by atoms with Crippen molar-refractivity contribution in [2.75, 3.05) is 10.6 Å². The largest absolute Gasteiger partial charge is 0.355 e. The first-order valence-corrected chi connectivity index (χ1v) is 10.6. The molecule has 0 saturated heterocycles. The number of anilines is 4. The summed E-state index contributed by atoms with van der Waals surface area (Å²) in [6.45, 7) is 0. The van der Waals surface area contributed by atoms with Crippen LogP contribution < -0.4 is 10.6 Å². The van der Waals surface area contributed by atoms with Gasteiger partial charge in [0.25, 0.3) is 0 Å². The van der Waals surface area contributed by atoms with E-state index in [4.69, 9.17) is 4.98 Å². The maximum absolute atomic E-state index is 13.8. The van der Waals surface area contributed by atoms with Crippen LogP contribution in [0.4, 0.5) is 27.1 Å². The van der Waals surface area contributed by atoms with Crippen molar-refractivity contribution >= 4 is 44.7 Å². The van der Waals surface area contributed by atoms with Crippen LogP contribution in [0.1, 0.15) is 0 Å². The standard InChI is InChI=1S/C26H18FN7/c27-17-1-3-22-21(12-17)23(7-10-30-22)32-20-11-16(14-29-15-20)26-33-24-4-2-19(13-25(24)34-26)31-18-5-8-28-9-6-18/h1-15H,(H,28,31)(H,30,32)(H,33,34). The lowest BCUT2D eigenvalue weighted by molar-refractivity contribution is 0.629. The van der Waals surface area contributed by atoms with Gasteiger partial charge in [-0.3, -0.25) is 15.0 Å². The zero-order valence-electron chi connectivity index (χ0n) is 17.8. The van der Waals surface area contributed by atoms with Gasteiger partial charge in [-0.2, -0.15) is 0 Å². The van der Waals surface area contributed by atoms with Crippen LogP contribution in [-0.2, 0) is 0 Å². The summed E-state index contributed by atoms with van der Waals surface area (Å²) >= 11 is 0. The van der Waals surface area contributed by atoms with Gasteiger partial charge >= 0.3 is 0 Å². The van der Waals surface area contributed by atoms with E-state index in [0.29, 0.717) is 16.7 Å². The Morgan fingerprint density at radius 3 is 2.50 bits per heavy atom. The van der Waals surface area contributed by atoms with Gasteiger partial charge in [-0.1, -0.05) is 0 Å². The average molecular weight is 447 g/mol. The second kappa shape index (κ2) is 8.25. The predicted octanol–water partition coefficient (Wildman–Crippen LogP) is 6.19. The van der Waals surface area contributed by atoms with E-state index >= 15 is 0 Å². The minimum Gasteiger partial charge on any atom is -0.355 e. The van der Waals surface area contributed by atoms with Crippen molar-refractivity contribution in [3.05, 3.63) is 97.5 Å². The summed E-state index contributed by atoms with van der Waals surface area (Å²) < 4.78 is 13.8. The molecule has 0 bridgehead atoms. The molecule has 0 spiro atoms. The third kappa shape index (κ3) is 3.88. The van der Waals surface area contributed by atoms with Gasteiger partial charge in [0.15, 0.2) is 0 Å². The third-order valence-electron chi connectivity index (χ3n) is 5.45. The second-order valence-electron chi connectivity index (χ2n) is 7.79. The highest BCUT2D eigenvalue weighted by Gasteiger charge is 2.09. The van der Waals surface area contributed by atoms with Crippen LogP contribution in [0.3, 0.4) is 0 Å². The Labute approximate surface area is 193 Å². The van der Waals surface area contributed by atoms with Gasteiger partial charge in [0.05, 0.1) is 28.4 Å². The van der Waals surface area contributed by atoms with Crippen LogP contribution in [0.2, 0.25) is 0 Å². The number of pyridine rings is 3. The fraction of sp³-hybridized carbons (Fsp3) is 0. The maximum Gasteiger partial charge on any atom is 0.140 e. The van der Waals surface area contributed by atoms with Crippen LogP contribution in [0.5, 0.6) is 0 Å². The van der Waals surface area contributed by atoms with Crippen LogP contribution in [-0.4, -0.2) is 24.9 Å². The third-order valence-corrected chi connectivity index (χ3v) is 5.45. The van der Waals surface area contributed by atoms with E-state index in [1.165, 1.54) is 12.1 Å². The van der Waals surface area contributed by atoms with Crippen molar-refractivity contribution in [3.8, 4) is 11.4 Å². The van der Waals surface area contributed by atoms with Crippen molar-refractivity contribution in [2.45, 2.75) is 0 Å². The number of hydrogen-bond donors (Lipinski definition) is 3. The van der Waals surface area contributed by atoms with Gasteiger partial charge in [0.1, 0.15) is 11.6 Å². The van der Waals surface area contributed by atoms with Gasteiger partial charge in [-0.15, -0.1) is 0 Å². The molecule has 0 unspecified atom stereocenters. The first-order valence-electron chi connectivity index (χ1n) is 10.6. The molecule has 6 aromatic rings. The van der Waals surface area contributed by atoms with Crippen LogP contribution in [0, 0.1) is 5.82 Å². The fourth-order valence-corrected chi connectivity index (χ4v) is 3.85. The fourth-order valence-electron chi connectivity index (χ4n) is 3.85. The number of nitrogens with one attached hydrogen (secondary N) is 3. The van der Waals surface area contributed by atoms with Gasteiger partial charge in [-0.25, -0.2) is 9.37 Å². The number of H-pyrrole nitrogens is 1. The molecule has 0 aliphatic carbocycles. The summed E-state index contributed by atoms with van der Waals surface area (Å²) in [4.78, 5) is 20.8. The quantitative estimate of drug-likeness (QED) is 0.292. The Morgan fingerprint density at radius 2 is 1.59 bits per heavy atom. The average Bonchev–Trinajstić information content (AvgIpc) is 3.29.